The van der Waals surface area contributed by atoms with Crippen LogP contribution in [-0.4, -0.2) is 32.1 Å². The van der Waals surface area contributed by atoms with Gasteiger partial charge in [-0.25, -0.2) is 4.68 Å². The van der Waals surface area contributed by atoms with Gasteiger partial charge in [-0.1, -0.05) is 23.4 Å². The molecule has 0 aliphatic heterocycles. The number of carbonyl (C=O) groups is 1. The highest BCUT2D eigenvalue weighted by atomic mass is 16.4. The van der Waals surface area contributed by atoms with Crippen LogP contribution in [0, 0.1) is 5.92 Å². The predicted octanol–water partition coefficient (Wildman–Crippen LogP) is 2.00. The van der Waals surface area contributed by atoms with E-state index in [1.807, 2.05) is 35.0 Å². The number of hydrogen-bond acceptors (Lipinski definition) is 4. The number of hydrogen-bond donors (Lipinski definition) is 2. The smallest absolute Gasteiger partial charge is 0.303 e. The van der Waals surface area contributed by atoms with Gasteiger partial charge < -0.3 is 10.4 Å². The Bertz CT molecular complexity index is 626. The summed E-state index contributed by atoms with van der Waals surface area (Å²) >= 11 is 0. The van der Waals surface area contributed by atoms with Crippen LogP contribution >= 0.6 is 0 Å². The Labute approximate surface area is 129 Å². The molecular weight excluding hydrogens is 280 g/mol. The minimum Gasteiger partial charge on any atom is -0.481 e. The molecule has 3 rings (SSSR count). The summed E-state index contributed by atoms with van der Waals surface area (Å²) in [4.78, 5) is 10.8. The molecule has 0 amide bonds. The number of para-hydroxylation sites is 1. The van der Waals surface area contributed by atoms with Crippen LogP contribution in [0.15, 0.2) is 36.5 Å². The fourth-order valence-corrected chi connectivity index (χ4v) is 3.11. The van der Waals surface area contributed by atoms with Crippen LogP contribution in [0.2, 0.25) is 0 Å². The van der Waals surface area contributed by atoms with E-state index in [4.69, 9.17) is 5.11 Å². The van der Waals surface area contributed by atoms with Crippen molar-refractivity contribution >= 4 is 5.97 Å². The van der Waals surface area contributed by atoms with Gasteiger partial charge in [0.15, 0.2) is 0 Å². The highest BCUT2D eigenvalue weighted by molar-refractivity contribution is 5.67. The van der Waals surface area contributed by atoms with E-state index < -0.39 is 5.97 Å². The van der Waals surface area contributed by atoms with Crippen LogP contribution in [0.4, 0.5) is 0 Å². The number of carboxylic acids is 1. The van der Waals surface area contributed by atoms with Crippen LogP contribution in [-0.2, 0) is 11.3 Å². The van der Waals surface area contributed by atoms with Crippen molar-refractivity contribution in [2.24, 2.45) is 5.92 Å². The molecule has 22 heavy (non-hydrogen) atoms. The third-order valence-corrected chi connectivity index (χ3v) is 4.20. The van der Waals surface area contributed by atoms with Gasteiger partial charge in [0, 0.05) is 19.0 Å². The van der Waals surface area contributed by atoms with Crippen molar-refractivity contribution in [2.75, 3.05) is 0 Å². The van der Waals surface area contributed by atoms with Crippen molar-refractivity contribution in [3.05, 3.63) is 42.2 Å². The molecule has 1 saturated carbocycles. The van der Waals surface area contributed by atoms with Gasteiger partial charge >= 0.3 is 5.97 Å². The molecule has 0 spiro atoms. The first-order valence-corrected chi connectivity index (χ1v) is 7.62. The number of aliphatic carboxylic acids is 1. The SMILES string of the molecule is O=C(O)C[C@@H]1CC[C@H](NCc2cnnn2-c2ccccc2)C1. The lowest BCUT2D eigenvalue weighted by molar-refractivity contribution is -0.138. The average Bonchev–Trinajstić information content (AvgIpc) is 3.14. The first-order valence-electron chi connectivity index (χ1n) is 7.62. The van der Waals surface area contributed by atoms with Crippen molar-refractivity contribution < 1.29 is 9.90 Å². The molecule has 1 aliphatic rings. The fraction of sp³-hybridized carbons (Fsp3) is 0.438. The second-order valence-electron chi connectivity index (χ2n) is 5.83. The summed E-state index contributed by atoms with van der Waals surface area (Å²) in [5.74, 6) is -0.399. The minimum absolute atomic E-state index is 0.279. The monoisotopic (exact) mass is 300 g/mol. The summed E-state index contributed by atoms with van der Waals surface area (Å²) in [5.41, 5.74) is 2.00. The van der Waals surface area contributed by atoms with Crippen LogP contribution in [0.25, 0.3) is 5.69 Å². The van der Waals surface area contributed by atoms with Gasteiger partial charge in [-0.15, -0.1) is 5.10 Å². The van der Waals surface area contributed by atoms with Gasteiger partial charge in [0.1, 0.15) is 0 Å². The number of rotatable bonds is 6. The van der Waals surface area contributed by atoms with E-state index in [1.165, 1.54) is 0 Å². The standard InChI is InChI=1S/C16H20N4O2/c21-16(22)9-12-6-7-13(8-12)17-10-15-11-18-19-20(15)14-4-2-1-3-5-14/h1-5,11-13,17H,6-10H2,(H,21,22)/t12-,13+/m1/s1. The van der Waals surface area contributed by atoms with E-state index in [0.717, 1.165) is 30.6 Å². The van der Waals surface area contributed by atoms with E-state index >= 15 is 0 Å². The lowest BCUT2D eigenvalue weighted by Crippen LogP contribution is -2.27. The third kappa shape index (κ3) is 3.51. The zero-order chi connectivity index (χ0) is 15.4. The molecule has 2 N–H and O–H groups in total. The fourth-order valence-electron chi connectivity index (χ4n) is 3.11. The number of benzene rings is 1. The second-order valence-corrected chi connectivity index (χ2v) is 5.83. The normalized spacial score (nSPS) is 21.1. The molecule has 1 aromatic carbocycles. The van der Waals surface area contributed by atoms with Gasteiger partial charge in [-0.2, -0.15) is 0 Å². The van der Waals surface area contributed by atoms with Gasteiger partial charge in [-0.3, -0.25) is 4.79 Å². The molecule has 1 heterocycles. The second kappa shape index (κ2) is 6.70. The molecule has 2 atom stereocenters. The molecular formula is C16H20N4O2. The molecule has 116 valence electrons. The van der Waals surface area contributed by atoms with Crippen LogP contribution < -0.4 is 5.32 Å². The summed E-state index contributed by atoms with van der Waals surface area (Å²) < 4.78 is 1.83. The molecule has 0 unspecified atom stereocenters. The Morgan fingerprint density at radius 1 is 1.32 bits per heavy atom. The van der Waals surface area contributed by atoms with Crippen LogP contribution in [0.5, 0.6) is 0 Å². The number of carboxylic acid groups (broad SMARTS) is 1. The Morgan fingerprint density at radius 3 is 2.91 bits per heavy atom. The van der Waals surface area contributed by atoms with Crippen molar-refractivity contribution in [1.82, 2.24) is 20.3 Å². The van der Waals surface area contributed by atoms with Gasteiger partial charge in [-0.05, 0) is 37.3 Å². The highest BCUT2D eigenvalue weighted by Crippen LogP contribution is 2.28. The maximum Gasteiger partial charge on any atom is 0.303 e. The molecule has 6 heteroatoms. The van der Waals surface area contributed by atoms with E-state index in [-0.39, 0.29) is 6.42 Å². The van der Waals surface area contributed by atoms with Crippen molar-refractivity contribution in [1.29, 1.82) is 0 Å². The summed E-state index contributed by atoms with van der Waals surface area (Å²) in [6.45, 7) is 0.687. The summed E-state index contributed by atoms with van der Waals surface area (Å²) in [6, 6.07) is 10.3. The van der Waals surface area contributed by atoms with Gasteiger partial charge in [0.25, 0.3) is 0 Å². The zero-order valence-electron chi connectivity index (χ0n) is 12.4. The third-order valence-electron chi connectivity index (χ3n) is 4.20. The van der Waals surface area contributed by atoms with Crippen LogP contribution in [0.3, 0.4) is 0 Å². The maximum absolute atomic E-state index is 10.8. The highest BCUT2D eigenvalue weighted by Gasteiger charge is 2.26. The number of aromatic nitrogens is 3. The van der Waals surface area contributed by atoms with Crippen molar-refractivity contribution in [3.63, 3.8) is 0 Å². The van der Waals surface area contributed by atoms with E-state index in [9.17, 15) is 4.79 Å². The van der Waals surface area contributed by atoms with Crippen molar-refractivity contribution in [3.8, 4) is 5.69 Å². The molecule has 1 aromatic heterocycles. The van der Waals surface area contributed by atoms with E-state index in [2.05, 4.69) is 15.6 Å². The molecule has 6 nitrogen and oxygen atoms in total. The topological polar surface area (TPSA) is 80.0 Å². The summed E-state index contributed by atoms with van der Waals surface area (Å²) in [7, 11) is 0. The molecule has 0 radical (unpaired) electrons. The first kappa shape index (κ1) is 14.7. The lowest BCUT2D eigenvalue weighted by atomic mass is 10.0. The first-order chi connectivity index (χ1) is 10.7. The Kier molecular flexibility index (Phi) is 4.48. The molecule has 2 aromatic rings. The molecule has 0 saturated heterocycles. The van der Waals surface area contributed by atoms with E-state index in [1.54, 1.807) is 6.20 Å². The minimum atomic E-state index is -0.697. The Morgan fingerprint density at radius 2 is 2.14 bits per heavy atom. The quantitative estimate of drug-likeness (QED) is 0.853. The number of nitrogens with one attached hydrogen (secondary N) is 1. The largest absolute Gasteiger partial charge is 0.481 e. The molecule has 1 aliphatic carbocycles. The Balaban J connectivity index is 1.57. The van der Waals surface area contributed by atoms with Gasteiger partial charge in [0.2, 0.25) is 0 Å². The molecule has 1 fully saturated rings. The lowest BCUT2D eigenvalue weighted by Gasteiger charge is -2.13. The molecule has 0 bridgehead atoms. The predicted molar refractivity (Wildman–Crippen MR) is 81.6 cm³/mol. The van der Waals surface area contributed by atoms with E-state index in [0.29, 0.717) is 18.5 Å². The summed E-state index contributed by atoms with van der Waals surface area (Å²) in [6.07, 6.45) is 5.00. The summed E-state index contributed by atoms with van der Waals surface area (Å²) in [5, 5.41) is 20.5. The van der Waals surface area contributed by atoms with Crippen molar-refractivity contribution in [2.45, 2.75) is 38.3 Å². The zero-order valence-corrected chi connectivity index (χ0v) is 12.4. The van der Waals surface area contributed by atoms with Gasteiger partial charge in [0.05, 0.1) is 17.6 Å². The average molecular weight is 300 g/mol. The maximum atomic E-state index is 10.8. The number of nitrogens with zero attached hydrogens (tertiary/aromatic N) is 3. The van der Waals surface area contributed by atoms with Crippen LogP contribution in [0.1, 0.15) is 31.4 Å². The Hall–Kier alpha value is -2.21.